The molecule has 1 saturated heterocycles. The SMILES string of the molecule is O=C(CN1CCN(S(=O)(=O)Cc2ccc(Cl)c(Cl)c2)CC1)NC1CC1. The first-order chi connectivity index (χ1) is 11.8. The van der Waals surface area contributed by atoms with Crippen LogP contribution in [0.25, 0.3) is 0 Å². The van der Waals surface area contributed by atoms with E-state index in [2.05, 4.69) is 5.32 Å². The molecule has 0 radical (unpaired) electrons. The summed E-state index contributed by atoms with van der Waals surface area (Å²) >= 11 is 11.8. The summed E-state index contributed by atoms with van der Waals surface area (Å²) in [4.78, 5) is 13.8. The van der Waals surface area contributed by atoms with E-state index in [9.17, 15) is 13.2 Å². The third-order valence-electron chi connectivity index (χ3n) is 4.37. The number of halogens is 2. The van der Waals surface area contributed by atoms with E-state index >= 15 is 0 Å². The first kappa shape index (κ1) is 18.9. The molecule has 0 atom stereocenters. The van der Waals surface area contributed by atoms with Gasteiger partial charge in [0.2, 0.25) is 15.9 Å². The van der Waals surface area contributed by atoms with Crippen LogP contribution in [0.2, 0.25) is 10.0 Å². The van der Waals surface area contributed by atoms with Gasteiger partial charge < -0.3 is 5.32 Å². The van der Waals surface area contributed by atoms with E-state index < -0.39 is 10.0 Å². The Morgan fingerprint density at radius 2 is 1.80 bits per heavy atom. The van der Waals surface area contributed by atoms with Crippen molar-refractivity contribution in [2.75, 3.05) is 32.7 Å². The second kappa shape index (κ2) is 7.80. The van der Waals surface area contributed by atoms with Crippen molar-refractivity contribution in [2.45, 2.75) is 24.6 Å². The van der Waals surface area contributed by atoms with Gasteiger partial charge in [-0.25, -0.2) is 8.42 Å². The fourth-order valence-electron chi connectivity index (χ4n) is 2.80. The minimum Gasteiger partial charge on any atom is -0.352 e. The average molecular weight is 406 g/mol. The minimum atomic E-state index is -3.42. The maximum atomic E-state index is 12.6. The zero-order valence-corrected chi connectivity index (χ0v) is 16.1. The molecule has 1 heterocycles. The molecule has 6 nitrogen and oxygen atoms in total. The summed E-state index contributed by atoms with van der Waals surface area (Å²) in [6, 6.07) is 5.20. The third kappa shape index (κ3) is 5.31. The van der Waals surface area contributed by atoms with E-state index in [1.54, 1.807) is 18.2 Å². The van der Waals surface area contributed by atoms with Crippen LogP contribution in [-0.4, -0.2) is 62.3 Å². The van der Waals surface area contributed by atoms with Gasteiger partial charge in [-0.1, -0.05) is 29.3 Å². The normalized spacial score (nSPS) is 19.8. The van der Waals surface area contributed by atoms with Crippen molar-refractivity contribution in [1.82, 2.24) is 14.5 Å². The highest BCUT2D eigenvalue weighted by atomic mass is 35.5. The van der Waals surface area contributed by atoms with Gasteiger partial charge in [-0.2, -0.15) is 4.31 Å². The summed E-state index contributed by atoms with van der Waals surface area (Å²) in [5.41, 5.74) is 0.612. The number of nitrogens with zero attached hydrogens (tertiary/aromatic N) is 2. The van der Waals surface area contributed by atoms with Crippen molar-refractivity contribution < 1.29 is 13.2 Å². The quantitative estimate of drug-likeness (QED) is 0.781. The first-order valence-corrected chi connectivity index (χ1v) is 10.6. The number of hydrogen-bond acceptors (Lipinski definition) is 4. The Morgan fingerprint density at radius 1 is 1.12 bits per heavy atom. The standard InChI is InChI=1S/C16H21Cl2N3O3S/c17-14-4-1-12(9-15(14)18)11-25(23,24)21-7-5-20(6-8-21)10-16(22)19-13-2-3-13/h1,4,9,13H,2-3,5-8,10-11H2,(H,19,22). The highest BCUT2D eigenvalue weighted by Crippen LogP contribution is 2.24. The Labute approximate surface area is 158 Å². The molecule has 1 amide bonds. The number of nitrogens with one attached hydrogen (secondary N) is 1. The van der Waals surface area contributed by atoms with Crippen LogP contribution >= 0.6 is 23.2 Å². The number of rotatable bonds is 6. The van der Waals surface area contributed by atoms with E-state index in [0.29, 0.717) is 54.4 Å². The summed E-state index contributed by atoms with van der Waals surface area (Å²) in [5, 5.41) is 3.70. The molecule has 138 valence electrons. The van der Waals surface area contributed by atoms with Crippen molar-refractivity contribution in [2.24, 2.45) is 0 Å². The molecule has 9 heteroatoms. The van der Waals surface area contributed by atoms with Crippen LogP contribution < -0.4 is 5.32 Å². The van der Waals surface area contributed by atoms with Crippen molar-refractivity contribution in [3.63, 3.8) is 0 Å². The topological polar surface area (TPSA) is 69.7 Å². The number of amides is 1. The average Bonchev–Trinajstić information content (AvgIpc) is 3.35. The summed E-state index contributed by atoms with van der Waals surface area (Å²) < 4.78 is 26.6. The summed E-state index contributed by atoms with van der Waals surface area (Å²) in [6.07, 6.45) is 2.12. The van der Waals surface area contributed by atoms with Gasteiger partial charge in [0.25, 0.3) is 0 Å². The molecule has 1 N–H and O–H groups in total. The Kier molecular flexibility index (Phi) is 5.90. The van der Waals surface area contributed by atoms with Gasteiger partial charge in [-0.05, 0) is 30.5 Å². The fourth-order valence-corrected chi connectivity index (χ4v) is 4.62. The van der Waals surface area contributed by atoms with Gasteiger partial charge in [0.1, 0.15) is 0 Å². The molecule has 2 aliphatic rings. The lowest BCUT2D eigenvalue weighted by atomic mass is 10.2. The van der Waals surface area contributed by atoms with Crippen molar-refractivity contribution in [3.05, 3.63) is 33.8 Å². The van der Waals surface area contributed by atoms with Crippen molar-refractivity contribution in [1.29, 1.82) is 0 Å². The fraction of sp³-hybridized carbons (Fsp3) is 0.562. The highest BCUT2D eigenvalue weighted by Gasteiger charge is 2.29. The summed E-state index contributed by atoms with van der Waals surface area (Å²) in [6.45, 7) is 2.22. The molecule has 0 unspecified atom stereocenters. The molecular formula is C16H21Cl2N3O3S. The predicted molar refractivity (Wildman–Crippen MR) is 98.3 cm³/mol. The van der Waals surface area contributed by atoms with E-state index in [-0.39, 0.29) is 11.7 Å². The lowest BCUT2D eigenvalue weighted by molar-refractivity contribution is -0.122. The molecular weight excluding hydrogens is 385 g/mol. The second-order valence-electron chi connectivity index (χ2n) is 6.52. The summed E-state index contributed by atoms with van der Waals surface area (Å²) in [7, 11) is -3.42. The predicted octanol–water partition coefficient (Wildman–Crippen LogP) is 1.72. The molecule has 3 rings (SSSR count). The lowest BCUT2D eigenvalue weighted by Gasteiger charge is -2.33. The van der Waals surface area contributed by atoms with Crippen LogP contribution in [0, 0.1) is 0 Å². The smallest absolute Gasteiger partial charge is 0.234 e. The van der Waals surface area contributed by atoms with Crippen molar-refractivity contribution >= 4 is 39.1 Å². The van der Waals surface area contributed by atoms with Crippen LogP contribution in [0.15, 0.2) is 18.2 Å². The van der Waals surface area contributed by atoms with E-state index in [0.717, 1.165) is 12.8 Å². The monoisotopic (exact) mass is 405 g/mol. The lowest BCUT2D eigenvalue weighted by Crippen LogP contribution is -2.51. The molecule has 1 aliphatic heterocycles. The van der Waals surface area contributed by atoms with Crippen LogP contribution in [0.1, 0.15) is 18.4 Å². The summed E-state index contributed by atoms with van der Waals surface area (Å²) in [5.74, 6) is -0.0823. The van der Waals surface area contributed by atoms with Gasteiger partial charge in [0.05, 0.1) is 22.3 Å². The maximum Gasteiger partial charge on any atom is 0.234 e. The number of sulfonamides is 1. The zero-order valence-electron chi connectivity index (χ0n) is 13.7. The molecule has 1 aromatic rings. The number of carbonyl (C=O) groups is 1. The van der Waals surface area contributed by atoms with E-state index in [1.807, 2.05) is 4.90 Å². The minimum absolute atomic E-state index is 0.0228. The van der Waals surface area contributed by atoms with Crippen LogP contribution in [-0.2, 0) is 20.6 Å². The number of carbonyl (C=O) groups excluding carboxylic acids is 1. The molecule has 2 fully saturated rings. The third-order valence-corrected chi connectivity index (χ3v) is 6.96. The van der Waals surface area contributed by atoms with Gasteiger partial charge in [0, 0.05) is 32.2 Å². The second-order valence-corrected chi connectivity index (χ2v) is 9.30. The first-order valence-electron chi connectivity index (χ1n) is 8.27. The Bertz CT molecular complexity index is 745. The molecule has 1 aliphatic carbocycles. The zero-order chi connectivity index (χ0) is 18.0. The Balaban J connectivity index is 1.51. The molecule has 25 heavy (non-hydrogen) atoms. The largest absolute Gasteiger partial charge is 0.352 e. The van der Waals surface area contributed by atoms with Gasteiger partial charge in [0.15, 0.2) is 0 Å². The van der Waals surface area contributed by atoms with E-state index in [1.165, 1.54) is 4.31 Å². The highest BCUT2D eigenvalue weighted by molar-refractivity contribution is 7.88. The Morgan fingerprint density at radius 3 is 2.40 bits per heavy atom. The van der Waals surface area contributed by atoms with Gasteiger partial charge in [-0.15, -0.1) is 0 Å². The molecule has 0 bridgehead atoms. The Hall–Kier alpha value is -0.860. The van der Waals surface area contributed by atoms with Crippen LogP contribution in [0.3, 0.4) is 0 Å². The number of benzene rings is 1. The van der Waals surface area contributed by atoms with Crippen LogP contribution in [0.5, 0.6) is 0 Å². The number of piperazine rings is 1. The van der Waals surface area contributed by atoms with Crippen LogP contribution in [0.4, 0.5) is 0 Å². The van der Waals surface area contributed by atoms with Crippen molar-refractivity contribution in [3.8, 4) is 0 Å². The molecule has 0 spiro atoms. The molecule has 1 saturated carbocycles. The maximum absolute atomic E-state index is 12.6. The molecule has 0 aromatic heterocycles. The van der Waals surface area contributed by atoms with Gasteiger partial charge in [-0.3, -0.25) is 9.69 Å². The van der Waals surface area contributed by atoms with Gasteiger partial charge >= 0.3 is 0 Å². The number of hydrogen-bond donors (Lipinski definition) is 1. The van der Waals surface area contributed by atoms with E-state index in [4.69, 9.17) is 23.2 Å². The molecule has 1 aromatic carbocycles.